The van der Waals surface area contributed by atoms with Crippen molar-refractivity contribution in [3.05, 3.63) is 47.7 Å². The van der Waals surface area contributed by atoms with Crippen LogP contribution in [0.1, 0.15) is 17.5 Å². The number of halogens is 1. The van der Waals surface area contributed by atoms with Crippen molar-refractivity contribution in [2.45, 2.75) is 19.8 Å². The van der Waals surface area contributed by atoms with Gasteiger partial charge in [-0.1, -0.05) is 12.1 Å². The van der Waals surface area contributed by atoms with E-state index in [0.29, 0.717) is 11.5 Å². The van der Waals surface area contributed by atoms with Gasteiger partial charge in [-0.3, -0.25) is 0 Å². The molecule has 0 saturated carbocycles. The number of aryl methyl sites for hydroxylation is 2. The van der Waals surface area contributed by atoms with E-state index in [2.05, 4.69) is 19.9 Å². The SMILES string of the molecule is Cc1cc(CC2CCN(c3ncc4c(ncn4C)n3)C2)ccc1F. The van der Waals surface area contributed by atoms with Crippen LogP contribution in [0.25, 0.3) is 11.2 Å². The van der Waals surface area contributed by atoms with Crippen LogP contribution in [-0.4, -0.2) is 32.6 Å². The summed E-state index contributed by atoms with van der Waals surface area (Å²) in [6, 6.07) is 5.41. The zero-order valence-corrected chi connectivity index (χ0v) is 13.9. The molecule has 1 atom stereocenters. The molecule has 5 nitrogen and oxygen atoms in total. The molecule has 2 aromatic heterocycles. The van der Waals surface area contributed by atoms with Gasteiger partial charge in [0.2, 0.25) is 5.95 Å². The fourth-order valence-corrected chi connectivity index (χ4v) is 3.41. The van der Waals surface area contributed by atoms with E-state index in [0.717, 1.165) is 43.0 Å². The number of imidazole rings is 1. The van der Waals surface area contributed by atoms with Gasteiger partial charge in [0.05, 0.1) is 12.5 Å². The van der Waals surface area contributed by atoms with Crippen molar-refractivity contribution < 1.29 is 4.39 Å². The molecular formula is C18H20FN5. The quantitative estimate of drug-likeness (QED) is 0.743. The maximum absolute atomic E-state index is 13.4. The second kappa shape index (κ2) is 5.85. The van der Waals surface area contributed by atoms with Gasteiger partial charge in [-0.25, -0.2) is 14.4 Å². The molecule has 3 heterocycles. The topological polar surface area (TPSA) is 46.8 Å². The summed E-state index contributed by atoms with van der Waals surface area (Å²) in [4.78, 5) is 15.6. The molecule has 1 aliphatic heterocycles. The van der Waals surface area contributed by atoms with Crippen molar-refractivity contribution in [1.82, 2.24) is 19.5 Å². The highest BCUT2D eigenvalue weighted by atomic mass is 19.1. The molecule has 1 aliphatic rings. The number of aromatic nitrogens is 4. The van der Waals surface area contributed by atoms with Gasteiger partial charge in [0, 0.05) is 20.1 Å². The predicted octanol–water partition coefficient (Wildman–Crippen LogP) is 2.88. The summed E-state index contributed by atoms with van der Waals surface area (Å²) in [5.41, 5.74) is 3.59. The summed E-state index contributed by atoms with van der Waals surface area (Å²) >= 11 is 0. The van der Waals surface area contributed by atoms with Crippen LogP contribution in [0.15, 0.2) is 30.7 Å². The van der Waals surface area contributed by atoms with Crippen LogP contribution >= 0.6 is 0 Å². The lowest BCUT2D eigenvalue weighted by atomic mass is 9.97. The molecule has 1 unspecified atom stereocenters. The van der Waals surface area contributed by atoms with Gasteiger partial charge in [-0.2, -0.15) is 4.98 Å². The predicted molar refractivity (Wildman–Crippen MR) is 91.5 cm³/mol. The smallest absolute Gasteiger partial charge is 0.227 e. The Hall–Kier alpha value is -2.50. The third-order valence-electron chi connectivity index (χ3n) is 4.79. The van der Waals surface area contributed by atoms with Gasteiger partial charge in [-0.15, -0.1) is 0 Å². The monoisotopic (exact) mass is 325 g/mol. The average molecular weight is 325 g/mol. The number of fused-ring (bicyclic) bond motifs is 1. The maximum atomic E-state index is 13.4. The number of nitrogens with zero attached hydrogens (tertiary/aromatic N) is 5. The minimum absolute atomic E-state index is 0.135. The van der Waals surface area contributed by atoms with Crippen LogP contribution in [0.5, 0.6) is 0 Å². The molecule has 0 amide bonds. The lowest BCUT2D eigenvalue weighted by Gasteiger charge is -2.16. The minimum atomic E-state index is -0.135. The lowest BCUT2D eigenvalue weighted by Crippen LogP contribution is -2.22. The summed E-state index contributed by atoms with van der Waals surface area (Å²) in [5, 5.41) is 0. The fraction of sp³-hybridized carbons (Fsp3) is 0.389. The minimum Gasteiger partial charge on any atom is -0.340 e. The summed E-state index contributed by atoms with van der Waals surface area (Å²) in [6.07, 6.45) is 5.65. The number of rotatable bonds is 3. The van der Waals surface area contributed by atoms with E-state index >= 15 is 0 Å². The van der Waals surface area contributed by atoms with Crippen molar-refractivity contribution >= 4 is 17.1 Å². The zero-order valence-electron chi connectivity index (χ0n) is 13.9. The molecule has 6 heteroatoms. The molecule has 3 aromatic rings. The highest BCUT2D eigenvalue weighted by Crippen LogP contribution is 2.25. The van der Waals surface area contributed by atoms with E-state index < -0.39 is 0 Å². The van der Waals surface area contributed by atoms with Gasteiger partial charge < -0.3 is 9.47 Å². The Labute approximate surface area is 140 Å². The molecular weight excluding hydrogens is 305 g/mol. The van der Waals surface area contributed by atoms with E-state index in [4.69, 9.17) is 0 Å². The van der Waals surface area contributed by atoms with Gasteiger partial charge >= 0.3 is 0 Å². The highest BCUT2D eigenvalue weighted by molar-refractivity contribution is 5.70. The molecule has 0 spiro atoms. The number of hydrogen-bond acceptors (Lipinski definition) is 4. The zero-order chi connectivity index (χ0) is 16.7. The molecule has 124 valence electrons. The third-order valence-corrected chi connectivity index (χ3v) is 4.79. The Bertz CT molecular complexity index is 888. The highest BCUT2D eigenvalue weighted by Gasteiger charge is 2.25. The first-order chi connectivity index (χ1) is 11.6. The van der Waals surface area contributed by atoms with Gasteiger partial charge in [0.25, 0.3) is 0 Å². The van der Waals surface area contributed by atoms with Gasteiger partial charge in [0.15, 0.2) is 5.65 Å². The number of anilines is 1. The first kappa shape index (κ1) is 15.1. The van der Waals surface area contributed by atoms with E-state index in [-0.39, 0.29) is 5.82 Å². The summed E-state index contributed by atoms with van der Waals surface area (Å²) in [6.45, 7) is 3.69. The van der Waals surface area contributed by atoms with E-state index in [1.54, 1.807) is 12.4 Å². The van der Waals surface area contributed by atoms with Crippen LogP contribution in [0.3, 0.4) is 0 Å². The third kappa shape index (κ3) is 2.72. The van der Waals surface area contributed by atoms with Crippen LogP contribution in [-0.2, 0) is 13.5 Å². The molecule has 1 aromatic carbocycles. The Morgan fingerprint density at radius 3 is 3.00 bits per heavy atom. The van der Waals surface area contributed by atoms with Crippen LogP contribution in [0.4, 0.5) is 10.3 Å². The number of benzene rings is 1. The van der Waals surface area contributed by atoms with Crippen molar-refractivity contribution in [2.24, 2.45) is 13.0 Å². The van der Waals surface area contributed by atoms with Crippen molar-refractivity contribution in [1.29, 1.82) is 0 Å². The second-order valence-corrected chi connectivity index (χ2v) is 6.62. The molecule has 4 rings (SSSR count). The molecule has 0 N–H and O–H groups in total. The largest absolute Gasteiger partial charge is 0.340 e. The average Bonchev–Trinajstić information content (AvgIpc) is 3.18. The molecule has 0 bridgehead atoms. The summed E-state index contributed by atoms with van der Waals surface area (Å²) in [5.74, 6) is 1.15. The Balaban J connectivity index is 1.47. The summed E-state index contributed by atoms with van der Waals surface area (Å²) in [7, 11) is 1.94. The molecule has 24 heavy (non-hydrogen) atoms. The van der Waals surface area contributed by atoms with Crippen LogP contribution in [0, 0.1) is 18.7 Å². The molecule has 0 radical (unpaired) electrons. The Kier molecular flexibility index (Phi) is 3.67. The Morgan fingerprint density at radius 1 is 1.29 bits per heavy atom. The molecule has 0 aliphatic carbocycles. The van der Waals surface area contributed by atoms with Gasteiger partial charge in [0.1, 0.15) is 11.3 Å². The summed E-state index contributed by atoms with van der Waals surface area (Å²) < 4.78 is 15.3. The second-order valence-electron chi connectivity index (χ2n) is 6.62. The Morgan fingerprint density at radius 2 is 2.17 bits per heavy atom. The fourth-order valence-electron chi connectivity index (χ4n) is 3.41. The lowest BCUT2D eigenvalue weighted by molar-refractivity contribution is 0.581. The van der Waals surface area contributed by atoms with E-state index in [9.17, 15) is 4.39 Å². The first-order valence-electron chi connectivity index (χ1n) is 8.24. The maximum Gasteiger partial charge on any atom is 0.227 e. The van der Waals surface area contributed by atoms with E-state index in [1.165, 1.54) is 5.56 Å². The van der Waals surface area contributed by atoms with Crippen molar-refractivity contribution in [3.63, 3.8) is 0 Å². The van der Waals surface area contributed by atoms with Gasteiger partial charge in [-0.05, 0) is 42.9 Å². The van der Waals surface area contributed by atoms with E-state index in [1.807, 2.05) is 36.9 Å². The standard InChI is InChI=1S/C18H20FN5/c1-12-7-13(3-4-15(12)19)8-14-5-6-24(10-14)18-20-9-16-17(22-18)21-11-23(16)2/h3-4,7,9,11,14H,5-6,8,10H2,1-2H3. The molecule has 1 fully saturated rings. The van der Waals surface area contributed by atoms with Crippen LogP contribution < -0.4 is 4.90 Å². The number of hydrogen-bond donors (Lipinski definition) is 0. The van der Waals surface area contributed by atoms with Crippen LogP contribution in [0.2, 0.25) is 0 Å². The van der Waals surface area contributed by atoms with Crippen molar-refractivity contribution in [2.75, 3.05) is 18.0 Å². The normalized spacial score (nSPS) is 17.8. The molecule has 1 saturated heterocycles. The van der Waals surface area contributed by atoms with Crippen molar-refractivity contribution in [3.8, 4) is 0 Å². The first-order valence-corrected chi connectivity index (χ1v) is 8.24.